The highest BCUT2D eigenvalue weighted by atomic mass is 16.5. The molecule has 22 heavy (non-hydrogen) atoms. The van der Waals surface area contributed by atoms with Crippen molar-refractivity contribution in [3.63, 3.8) is 0 Å². The summed E-state index contributed by atoms with van der Waals surface area (Å²) in [5.41, 5.74) is 3.80. The minimum absolute atomic E-state index is 0.546. The molecule has 0 aliphatic heterocycles. The Labute approximate surface area is 130 Å². The summed E-state index contributed by atoms with van der Waals surface area (Å²) in [5, 5.41) is 10.7. The molecule has 0 fully saturated rings. The number of pyridine rings is 1. The van der Waals surface area contributed by atoms with Gasteiger partial charge in [0.15, 0.2) is 0 Å². The molecular formula is C19H19NO2. The van der Waals surface area contributed by atoms with Gasteiger partial charge in [-0.05, 0) is 49.2 Å². The molecule has 3 rings (SSSR count). The van der Waals surface area contributed by atoms with E-state index in [1.54, 1.807) is 6.92 Å². The summed E-state index contributed by atoms with van der Waals surface area (Å²) < 4.78 is 5.86. The van der Waals surface area contributed by atoms with Crippen molar-refractivity contribution in [1.29, 1.82) is 0 Å². The maximum atomic E-state index is 9.69. The average molecular weight is 293 g/mol. The summed E-state index contributed by atoms with van der Waals surface area (Å²) in [6, 6.07) is 17.9. The Balaban J connectivity index is 1.86. The van der Waals surface area contributed by atoms with Gasteiger partial charge in [0.25, 0.3) is 0 Å². The van der Waals surface area contributed by atoms with E-state index in [0.717, 1.165) is 27.8 Å². The second kappa shape index (κ2) is 6.16. The Morgan fingerprint density at radius 1 is 1.09 bits per heavy atom. The number of aryl methyl sites for hydroxylation is 1. The van der Waals surface area contributed by atoms with E-state index in [4.69, 9.17) is 4.74 Å². The van der Waals surface area contributed by atoms with E-state index in [1.165, 1.54) is 0 Å². The van der Waals surface area contributed by atoms with E-state index >= 15 is 0 Å². The van der Waals surface area contributed by atoms with Crippen molar-refractivity contribution in [3.8, 4) is 5.75 Å². The van der Waals surface area contributed by atoms with Crippen molar-refractivity contribution in [3.05, 3.63) is 71.4 Å². The molecule has 1 N–H and O–H groups in total. The number of aliphatic hydroxyl groups excluding tert-OH is 1. The minimum Gasteiger partial charge on any atom is -0.489 e. The Kier molecular flexibility index (Phi) is 4.07. The number of hydrogen-bond acceptors (Lipinski definition) is 3. The summed E-state index contributed by atoms with van der Waals surface area (Å²) in [6.07, 6.45) is -0.558. The van der Waals surface area contributed by atoms with Gasteiger partial charge in [-0.15, -0.1) is 0 Å². The smallest absolute Gasteiger partial charge is 0.120 e. The summed E-state index contributed by atoms with van der Waals surface area (Å²) >= 11 is 0. The van der Waals surface area contributed by atoms with Gasteiger partial charge in [0.1, 0.15) is 12.4 Å². The van der Waals surface area contributed by atoms with Gasteiger partial charge in [-0.25, -0.2) is 0 Å². The highest BCUT2D eigenvalue weighted by Gasteiger charge is 2.08. The predicted molar refractivity (Wildman–Crippen MR) is 87.9 cm³/mol. The molecule has 3 aromatic rings. The largest absolute Gasteiger partial charge is 0.489 e. The van der Waals surface area contributed by atoms with Crippen LogP contribution in [0.3, 0.4) is 0 Å². The molecular weight excluding hydrogens is 274 g/mol. The number of benzene rings is 2. The van der Waals surface area contributed by atoms with Gasteiger partial charge >= 0.3 is 0 Å². The number of nitrogens with zero attached hydrogens (tertiary/aromatic N) is 1. The maximum absolute atomic E-state index is 9.69. The van der Waals surface area contributed by atoms with E-state index in [-0.39, 0.29) is 0 Å². The van der Waals surface area contributed by atoms with Gasteiger partial charge in [0.2, 0.25) is 0 Å². The lowest BCUT2D eigenvalue weighted by molar-refractivity contribution is 0.194. The Bertz CT molecular complexity index is 782. The standard InChI is InChI=1S/C19H19NO2/c1-13-10-19(14(2)21)20-18-9-8-16(11-17(13)18)22-12-15-6-4-3-5-7-15/h3-11,14,21H,12H2,1-2H3. The number of aliphatic hydroxyl groups is 1. The molecule has 1 unspecified atom stereocenters. The monoisotopic (exact) mass is 293 g/mol. The molecule has 0 radical (unpaired) electrons. The van der Waals surface area contributed by atoms with Crippen LogP contribution < -0.4 is 4.74 Å². The first-order valence-electron chi connectivity index (χ1n) is 7.39. The van der Waals surface area contributed by atoms with Crippen molar-refractivity contribution in [2.45, 2.75) is 26.6 Å². The van der Waals surface area contributed by atoms with Crippen LogP contribution in [0.5, 0.6) is 5.75 Å². The van der Waals surface area contributed by atoms with Gasteiger partial charge < -0.3 is 9.84 Å². The molecule has 112 valence electrons. The number of fused-ring (bicyclic) bond motifs is 1. The lowest BCUT2D eigenvalue weighted by Crippen LogP contribution is -1.98. The molecule has 1 heterocycles. The van der Waals surface area contributed by atoms with Gasteiger partial charge in [-0.3, -0.25) is 4.98 Å². The third kappa shape index (κ3) is 3.10. The quantitative estimate of drug-likeness (QED) is 0.785. The molecule has 0 amide bonds. The third-order valence-electron chi connectivity index (χ3n) is 3.68. The molecule has 1 atom stereocenters. The van der Waals surface area contributed by atoms with Gasteiger partial charge in [0, 0.05) is 5.39 Å². The number of hydrogen-bond donors (Lipinski definition) is 1. The molecule has 0 bridgehead atoms. The second-order valence-corrected chi connectivity index (χ2v) is 5.49. The highest BCUT2D eigenvalue weighted by molar-refractivity contribution is 5.83. The van der Waals surface area contributed by atoms with E-state index in [1.807, 2.05) is 61.5 Å². The number of aromatic nitrogens is 1. The van der Waals surface area contributed by atoms with Crippen molar-refractivity contribution >= 4 is 10.9 Å². The minimum atomic E-state index is -0.558. The fourth-order valence-electron chi connectivity index (χ4n) is 2.44. The zero-order valence-corrected chi connectivity index (χ0v) is 12.8. The normalized spacial score (nSPS) is 12.3. The van der Waals surface area contributed by atoms with Crippen LogP contribution in [0.4, 0.5) is 0 Å². The fraction of sp³-hybridized carbons (Fsp3) is 0.211. The Morgan fingerprint density at radius 2 is 1.86 bits per heavy atom. The van der Waals surface area contributed by atoms with E-state index < -0.39 is 6.10 Å². The topological polar surface area (TPSA) is 42.4 Å². The Hall–Kier alpha value is -2.39. The van der Waals surface area contributed by atoms with Crippen LogP contribution in [0.25, 0.3) is 10.9 Å². The van der Waals surface area contributed by atoms with E-state index in [2.05, 4.69) is 4.98 Å². The first-order valence-corrected chi connectivity index (χ1v) is 7.39. The van der Waals surface area contributed by atoms with Crippen LogP contribution in [0.2, 0.25) is 0 Å². The molecule has 0 saturated carbocycles. The van der Waals surface area contributed by atoms with Crippen LogP contribution in [-0.4, -0.2) is 10.1 Å². The van der Waals surface area contributed by atoms with Crippen molar-refractivity contribution in [2.75, 3.05) is 0 Å². The first-order chi connectivity index (χ1) is 10.6. The molecule has 3 heteroatoms. The Morgan fingerprint density at radius 3 is 2.59 bits per heavy atom. The number of rotatable bonds is 4. The lowest BCUT2D eigenvalue weighted by Gasteiger charge is -2.11. The summed E-state index contributed by atoms with van der Waals surface area (Å²) in [4.78, 5) is 4.49. The van der Waals surface area contributed by atoms with Crippen molar-refractivity contribution in [2.24, 2.45) is 0 Å². The molecule has 0 aliphatic rings. The molecule has 0 aliphatic carbocycles. The summed E-state index contributed by atoms with van der Waals surface area (Å²) in [7, 11) is 0. The van der Waals surface area contributed by atoms with Crippen LogP contribution in [0.1, 0.15) is 29.8 Å². The van der Waals surface area contributed by atoms with Crippen molar-refractivity contribution < 1.29 is 9.84 Å². The second-order valence-electron chi connectivity index (χ2n) is 5.49. The summed E-state index contributed by atoms with van der Waals surface area (Å²) in [5.74, 6) is 0.825. The lowest BCUT2D eigenvalue weighted by atomic mass is 10.1. The molecule has 0 saturated heterocycles. The van der Waals surface area contributed by atoms with E-state index in [0.29, 0.717) is 12.3 Å². The SMILES string of the molecule is Cc1cc(C(C)O)nc2ccc(OCc3ccccc3)cc12. The van der Waals surface area contributed by atoms with Crippen LogP contribution in [0.15, 0.2) is 54.6 Å². The van der Waals surface area contributed by atoms with Gasteiger partial charge in [0.05, 0.1) is 17.3 Å². The molecule has 1 aromatic heterocycles. The highest BCUT2D eigenvalue weighted by Crippen LogP contribution is 2.25. The first kappa shape index (κ1) is 14.5. The van der Waals surface area contributed by atoms with Crippen LogP contribution >= 0.6 is 0 Å². The summed E-state index contributed by atoms with van der Waals surface area (Å²) in [6.45, 7) is 4.30. The maximum Gasteiger partial charge on any atom is 0.120 e. The number of ether oxygens (including phenoxy) is 1. The molecule has 2 aromatic carbocycles. The predicted octanol–water partition coefficient (Wildman–Crippen LogP) is 4.18. The third-order valence-corrected chi connectivity index (χ3v) is 3.68. The van der Waals surface area contributed by atoms with E-state index in [9.17, 15) is 5.11 Å². The molecule has 3 nitrogen and oxygen atoms in total. The van der Waals surface area contributed by atoms with Gasteiger partial charge in [-0.2, -0.15) is 0 Å². The van der Waals surface area contributed by atoms with Gasteiger partial charge in [-0.1, -0.05) is 30.3 Å². The van der Waals surface area contributed by atoms with Crippen molar-refractivity contribution in [1.82, 2.24) is 4.98 Å². The fourth-order valence-corrected chi connectivity index (χ4v) is 2.44. The molecule has 0 spiro atoms. The average Bonchev–Trinajstić information content (AvgIpc) is 2.54. The van der Waals surface area contributed by atoms with Crippen LogP contribution in [0, 0.1) is 6.92 Å². The zero-order valence-electron chi connectivity index (χ0n) is 12.8. The van der Waals surface area contributed by atoms with Crippen LogP contribution in [-0.2, 0) is 6.61 Å². The zero-order chi connectivity index (χ0) is 15.5.